The predicted octanol–water partition coefficient (Wildman–Crippen LogP) is 0.133. The van der Waals surface area contributed by atoms with E-state index in [4.69, 9.17) is 4.74 Å². The number of aromatic nitrogens is 4. The van der Waals surface area contributed by atoms with Gasteiger partial charge < -0.3 is 4.74 Å². The van der Waals surface area contributed by atoms with Crippen molar-refractivity contribution >= 4 is 5.78 Å². The van der Waals surface area contributed by atoms with Crippen molar-refractivity contribution in [1.29, 1.82) is 0 Å². The van der Waals surface area contributed by atoms with E-state index in [-0.39, 0.29) is 0 Å². The van der Waals surface area contributed by atoms with Gasteiger partial charge in [0.05, 0.1) is 7.11 Å². The second-order valence-electron chi connectivity index (χ2n) is 1.96. The Bertz CT molecular complexity index is 336. The van der Waals surface area contributed by atoms with Crippen molar-refractivity contribution in [2.24, 2.45) is 0 Å². The first-order valence-electron chi connectivity index (χ1n) is 3.11. The summed E-state index contributed by atoms with van der Waals surface area (Å²) in [4.78, 5) is 7.91. The highest BCUT2D eigenvalue weighted by atomic mass is 16.5. The van der Waals surface area contributed by atoms with E-state index in [0.29, 0.717) is 11.8 Å². The Hall–Kier alpha value is -1.65. The van der Waals surface area contributed by atoms with Crippen LogP contribution < -0.4 is 4.74 Å². The van der Waals surface area contributed by atoms with E-state index in [0.717, 1.165) is 0 Å². The minimum absolute atomic E-state index is 0.337. The first-order chi connectivity index (χ1) is 5.40. The molecule has 0 N–H and O–H groups in total. The van der Waals surface area contributed by atoms with Gasteiger partial charge in [-0.2, -0.15) is 4.98 Å². The molecule has 0 unspecified atom stereocenters. The number of rotatable bonds is 1. The maximum absolute atomic E-state index is 4.82. The van der Waals surface area contributed by atoms with Crippen LogP contribution in [-0.2, 0) is 0 Å². The van der Waals surface area contributed by atoms with E-state index < -0.39 is 0 Å². The number of ether oxygens (including phenoxy) is 1. The fourth-order valence-corrected chi connectivity index (χ4v) is 0.800. The average Bonchev–Trinajstić information content (AvgIpc) is 2.46. The summed E-state index contributed by atoms with van der Waals surface area (Å²) in [6.45, 7) is 0. The zero-order chi connectivity index (χ0) is 7.68. The van der Waals surface area contributed by atoms with Crippen LogP contribution in [0.4, 0.5) is 0 Å². The topological polar surface area (TPSA) is 52.3 Å². The van der Waals surface area contributed by atoms with E-state index in [1.54, 1.807) is 23.0 Å². The van der Waals surface area contributed by atoms with Gasteiger partial charge in [0.2, 0.25) is 0 Å². The molecule has 0 radical (unpaired) electrons. The normalized spacial score (nSPS) is 10.3. The van der Waals surface area contributed by atoms with Crippen molar-refractivity contribution in [3.8, 4) is 6.01 Å². The van der Waals surface area contributed by atoms with Crippen molar-refractivity contribution in [3.63, 3.8) is 0 Å². The summed E-state index contributed by atoms with van der Waals surface area (Å²) >= 11 is 0. The standard InChI is InChI=1S/C6H6N4O/c1-11-6-8-5-7-3-2-4-10(5)9-6/h2-4H,1H3. The highest BCUT2D eigenvalue weighted by Crippen LogP contribution is 2.01. The summed E-state index contributed by atoms with van der Waals surface area (Å²) in [5, 5.41) is 3.95. The van der Waals surface area contributed by atoms with Crippen molar-refractivity contribution in [2.45, 2.75) is 0 Å². The molecule has 2 aromatic rings. The highest BCUT2D eigenvalue weighted by Gasteiger charge is 2.00. The third-order valence-corrected chi connectivity index (χ3v) is 1.28. The molecule has 0 aliphatic rings. The molecular formula is C6H6N4O. The van der Waals surface area contributed by atoms with Gasteiger partial charge in [0, 0.05) is 12.4 Å². The van der Waals surface area contributed by atoms with Crippen LogP contribution >= 0.6 is 0 Å². The zero-order valence-corrected chi connectivity index (χ0v) is 5.93. The Labute approximate surface area is 62.7 Å². The van der Waals surface area contributed by atoms with E-state index in [2.05, 4.69) is 15.1 Å². The summed E-state index contributed by atoms with van der Waals surface area (Å²) in [6.07, 6.45) is 3.42. The molecule has 2 aromatic heterocycles. The van der Waals surface area contributed by atoms with Gasteiger partial charge in [-0.1, -0.05) is 0 Å². The van der Waals surface area contributed by atoms with Gasteiger partial charge in [-0.3, -0.25) is 0 Å². The molecule has 2 rings (SSSR count). The quantitative estimate of drug-likeness (QED) is 0.580. The summed E-state index contributed by atoms with van der Waals surface area (Å²) in [5.74, 6) is 0.546. The molecule has 56 valence electrons. The van der Waals surface area contributed by atoms with Crippen molar-refractivity contribution in [2.75, 3.05) is 7.11 Å². The molecule has 0 aromatic carbocycles. The molecule has 0 aliphatic carbocycles. The van der Waals surface area contributed by atoms with E-state index in [1.165, 1.54) is 7.11 Å². The minimum atomic E-state index is 0.337. The highest BCUT2D eigenvalue weighted by molar-refractivity contribution is 5.26. The molecule has 2 heterocycles. The van der Waals surface area contributed by atoms with Gasteiger partial charge in [0.25, 0.3) is 5.78 Å². The monoisotopic (exact) mass is 150 g/mol. The van der Waals surface area contributed by atoms with Crippen LogP contribution in [0.5, 0.6) is 6.01 Å². The SMILES string of the molecule is COc1nc2ncccn2n1. The van der Waals surface area contributed by atoms with E-state index in [1.807, 2.05) is 0 Å². The lowest BCUT2D eigenvalue weighted by Gasteiger charge is -1.84. The van der Waals surface area contributed by atoms with Gasteiger partial charge in [-0.15, -0.1) is 5.10 Å². The van der Waals surface area contributed by atoms with Crippen LogP contribution in [0.25, 0.3) is 5.78 Å². The Balaban J connectivity index is 2.69. The Morgan fingerprint density at radius 2 is 2.45 bits per heavy atom. The molecule has 5 nitrogen and oxygen atoms in total. The van der Waals surface area contributed by atoms with Crippen LogP contribution in [0.15, 0.2) is 18.5 Å². The smallest absolute Gasteiger partial charge is 0.337 e. The van der Waals surface area contributed by atoms with Crippen LogP contribution in [0.1, 0.15) is 0 Å². The average molecular weight is 150 g/mol. The molecule has 0 saturated carbocycles. The number of fused-ring (bicyclic) bond motifs is 1. The van der Waals surface area contributed by atoms with Crippen molar-refractivity contribution in [1.82, 2.24) is 19.6 Å². The molecule has 0 amide bonds. The number of hydrogen-bond acceptors (Lipinski definition) is 4. The lowest BCUT2D eigenvalue weighted by Crippen LogP contribution is -1.87. The molecule has 0 fully saturated rings. The number of hydrogen-bond donors (Lipinski definition) is 0. The van der Waals surface area contributed by atoms with Gasteiger partial charge in [-0.25, -0.2) is 9.50 Å². The lowest BCUT2D eigenvalue weighted by atomic mass is 10.7. The molecule has 0 atom stereocenters. The molecule has 0 spiro atoms. The fraction of sp³-hybridized carbons (Fsp3) is 0.167. The summed E-state index contributed by atoms with van der Waals surface area (Å²) in [6, 6.07) is 2.12. The van der Waals surface area contributed by atoms with Gasteiger partial charge in [-0.05, 0) is 6.07 Å². The van der Waals surface area contributed by atoms with Gasteiger partial charge in [0.15, 0.2) is 0 Å². The summed E-state index contributed by atoms with van der Waals surface area (Å²) in [7, 11) is 1.52. The van der Waals surface area contributed by atoms with Crippen molar-refractivity contribution < 1.29 is 4.74 Å². The third kappa shape index (κ3) is 0.899. The first kappa shape index (κ1) is 6.09. The predicted molar refractivity (Wildman–Crippen MR) is 37.3 cm³/mol. The Morgan fingerprint density at radius 3 is 3.18 bits per heavy atom. The second-order valence-corrected chi connectivity index (χ2v) is 1.96. The Kier molecular flexibility index (Phi) is 1.21. The van der Waals surface area contributed by atoms with Crippen LogP contribution in [0.2, 0.25) is 0 Å². The molecule has 5 heteroatoms. The van der Waals surface area contributed by atoms with Crippen molar-refractivity contribution in [3.05, 3.63) is 18.5 Å². The zero-order valence-electron chi connectivity index (χ0n) is 5.93. The van der Waals surface area contributed by atoms with Crippen LogP contribution in [0, 0.1) is 0 Å². The summed E-state index contributed by atoms with van der Waals surface area (Å²) < 4.78 is 6.37. The maximum Gasteiger partial charge on any atom is 0.337 e. The van der Waals surface area contributed by atoms with Gasteiger partial charge >= 0.3 is 6.01 Å². The van der Waals surface area contributed by atoms with Crippen LogP contribution in [0.3, 0.4) is 0 Å². The number of nitrogens with zero attached hydrogens (tertiary/aromatic N) is 4. The first-order valence-corrected chi connectivity index (χ1v) is 3.11. The second kappa shape index (κ2) is 2.19. The number of methoxy groups -OCH3 is 1. The summed E-state index contributed by atoms with van der Waals surface area (Å²) in [5.41, 5.74) is 0. The van der Waals surface area contributed by atoms with Crippen LogP contribution in [-0.4, -0.2) is 26.7 Å². The molecular weight excluding hydrogens is 144 g/mol. The fourth-order valence-electron chi connectivity index (χ4n) is 0.800. The largest absolute Gasteiger partial charge is 0.466 e. The third-order valence-electron chi connectivity index (χ3n) is 1.28. The lowest BCUT2D eigenvalue weighted by molar-refractivity contribution is 0.380. The Morgan fingerprint density at radius 1 is 1.55 bits per heavy atom. The van der Waals surface area contributed by atoms with Gasteiger partial charge in [0.1, 0.15) is 0 Å². The molecule has 11 heavy (non-hydrogen) atoms. The van der Waals surface area contributed by atoms with E-state index >= 15 is 0 Å². The molecule has 0 saturated heterocycles. The van der Waals surface area contributed by atoms with E-state index in [9.17, 15) is 0 Å². The minimum Gasteiger partial charge on any atom is -0.466 e. The molecule has 0 aliphatic heterocycles. The maximum atomic E-state index is 4.82. The molecule has 0 bridgehead atoms.